The number of halogens is 7. The van der Waals surface area contributed by atoms with Gasteiger partial charge in [-0.2, -0.15) is 26.3 Å². The minimum absolute atomic E-state index is 0.121. The van der Waals surface area contributed by atoms with E-state index in [1.165, 1.54) is 6.07 Å². The third-order valence-corrected chi connectivity index (χ3v) is 6.88. The highest BCUT2D eigenvalue weighted by Gasteiger charge is 2.37. The number of benzene rings is 6. The lowest BCUT2D eigenvalue weighted by atomic mass is 9.89. The average molecular weight is 525 g/mol. The Kier molecular flexibility index (Phi) is 5.18. The van der Waals surface area contributed by atoms with Gasteiger partial charge in [0.05, 0.1) is 11.1 Å². The molecule has 0 saturated heterocycles. The van der Waals surface area contributed by atoms with Crippen molar-refractivity contribution in [3.63, 3.8) is 0 Å². The minimum atomic E-state index is -4.94. The fourth-order valence-electron chi connectivity index (χ4n) is 5.02. The standard InChI is InChI=1S/C30H15ClF6/c31-24-13-19(20-11-22(29(32,33)34)15-23(12-20)30(35,36)37)10-21(14-24)25-8-6-18-5-4-16-2-1-3-17-7-9-26(25)28(18)27(16)17/h1-15H. The fourth-order valence-corrected chi connectivity index (χ4v) is 5.26. The van der Waals surface area contributed by atoms with Crippen LogP contribution in [0.1, 0.15) is 11.1 Å². The molecule has 0 aliphatic heterocycles. The molecule has 0 spiro atoms. The van der Waals surface area contributed by atoms with E-state index >= 15 is 0 Å². The molecule has 6 aromatic carbocycles. The van der Waals surface area contributed by atoms with Gasteiger partial charge in [0.25, 0.3) is 0 Å². The molecule has 0 heterocycles. The van der Waals surface area contributed by atoms with Crippen molar-refractivity contribution >= 4 is 43.9 Å². The van der Waals surface area contributed by atoms with Crippen molar-refractivity contribution in [1.82, 2.24) is 0 Å². The van der Waals surface area contributed by atoms with Crippen molar-refractivity contribution in [2.45, 2.75) is 12.4 Å². The van der Waals surface area contributed by atoms with Crippen LogP contribution in [0.2, 0.25) is 5.02 Å². The molecule has 0 aliphatic carbocycles. The molecular weight excluding hydrogens is 510 g/mol. The van der Waals surface area contributed by atoms with Crippen LogP contribution in [-0.2, 0) is 12.4 Å². The molecule has 0 N–H and O–H groups in total. The van der Waals surface area contributed by atoms with Gasteiger partial charge >= 0.3 is 12.4 Å². The maximum Gasteiger partial charge on any atom is 0.416 e. The summed E-state index contributed by atoms with van der Waals surface area (Å²) in [5, 5.41) is 6.41. The van der Waals surface area contributed by atoms with E-state index in [1.54, 1.807) is 12.1 Å². The molecule has 0 atom stereocenters. The van der Waals surface area contributed by atoms with Crippen molar-refractivity contribution in [3.8, 4) is 22.3 Å². The van der Waals surface area contributed by atoms with Crippen LogP contribution in [0.15, 0.2) is 91.0 Å². The smallest absolute Gasteiger partial charge is 0.166 e. The Morgan fingerprint density at radius 3 is 1.62 bits per heavy atom. The Morgan fingerprint density at radius 2 is 1.00 bits per heavy atom. The molecule has 6 rings (SSSR count). The fraction of sp³-hybridized carbons (Fsp3) is 0.0667. The molecule has 0 nitrogen and oxygen atoms in total. The van der Waals surface area contributed by atoms with Gasteiger partial charge < -0.3 is 0 Å². The number of alkyl halides is 6. The van der Waals surface area contributed by atoms with Gasteiger partial charge in [0.2, 0.25) is 0 Å². The van der Waals surface area contributed by atoms with Crippen LogP contribution in [0.25, 0.3) is 54.6 Å². The van der Waals surface area contributed by atoms with Gasteiger partial charge in [-0.3, -0.25) is 0 Å². The van der Waals surface area contributed by atoms with Crippen LogP contribution < -0.4 is 0 Å². The van der Waals surface area contributed by atoms with Gasteiger partial charge in [-0.25, -0.2) is 0 Å². The van der Waals surface area contributed by atoms with Gasteiger partial charge in [-0.05, 0) is 91.0 Å². The molecule has 0 radical (unpaired) electrons. The van der Waals surface area contributed by atoms with Gasteiger partial charge in [-0.15, -0.1) is 0 Å². The second kappa shape index (κ2) is 8.12. The van der Waals surface area contributed by atoms with Crippen LogP contribution in [0.5, 0.6) is 0 Å². The maximum absolute atomic E-state index is 13.5. The Labute approximate surface area is 212 Å². The Hall–Kier alpha value is -3.77. The molecule has 6 aromatic rings. The van der Waals surface area contributed by atoms with Crippen molar-refractivity contribution in [3.05, 3.63) is 107 Å². The largest absolute Gasteiger partial charge is 0.416 e. The topological polar surface area (TPSA) is 0 Å². The monoisotopic (exact) mass is 524 g/mol. The summed E-state index contributed by atoms with van der Waals surface area (Å²) >= 11 is 6.37. The van der Waals surface area contributed by atoms with Gasteiger partial charge in [0.1, 0.15) is 0 Å². The lowest BCUT2D eigenvalue weighted by molar-refractivity contribution is -0.143. The predicted molar refractivity (Wildman–Crippen MR) is 136 cm³/mol. The summed E-state index contributed by atoms with van der Waals surface area (Å²) in [5.41, 5.74) is -1.44. The third kappa shape index (κ3) is 4.05. The summed E-state index contributed by atoms with van der Waals surface area (Å²) in [7, 11) is 0. The van der Waals surface area contributed by atoms with Crippen molar-refractivity contribution < 1.29 is 26.3 Å². The minimum Gasteiger partial charge on any atom is -0.166 e. The summed E-state index contributed by atoms with van der Waals surface area (Å²) < 4.78 is 80.7. The quantitative estimate of drug-likeness (QED) is 0.156. The van der Waals surface area contributed by atoms with Gasteiger partial charge in [0.15, 0.2) is 0 Å². The number of rotatable bonds is 2. The van der Waals surface area contributed by atoms with Crippen LogP contribution in [0, 0.1) is 0 Å². The predicted octanol–water partition coefficient (Wildman–Crippen LogP) is 10.6. The van der Waals surface area contributed by atoms with Crippen molar-refractivity contribution in [1.29, 1.82) is 0 Å². The zero-order chi connectivity index (χ0) is 26.1. The van der Waals surface area contributed by atoms with E-state index in [9.17, 15) is 26.3 Å². The number of hydrogen-bond acceptors (Lipinski definition) is 0. The SMILES string of the molecule is FC(F)(F)c1cc(-c2cc(Cl)cc(-c3ccc4ccc5cccc6ccc3c4c56)c2)cc(C(F)(F)F)c1. The molecule has 37 heavy (non-hydrogen) atoms. The van der Waals surface area contributed by atoms with Crippen LogP contribution in [0.3, 0.4) is 0 Å². The summed E-state index contributed by atoms with van der Waals surface area (Å²) in [4.78, 5) is 0. The lowest BCUT2D eigenvalue weighted by Crippen LogP contribution is -2.11. The van der Waals surface area contributed by atoms with E-state index in [2.05, 4.69) is 0 Å². The van der Waals surface area contributed by atoms with Crippen molar-refractivity contribution in [2.24, 2.45) is 0 Å². The highest BCUT2D eigenvalue weighted by Crippen LogP contribution is 2.42. The first-order valence-corrected chi connectivity index (χ1v) is 11.6. The van der Waals surface area contributed by atoms with E-state index in [0.29, 0.717) is 5.56 Å². The average Bonchev–Trinajstić information content (AvgIpc) is 2.85. The Balaban J connectivity index is 1.59. The molecule has 0 unspecified atom stereocenters. The van der Waals surface area contributed by atoms with Crippen LogP contribution >= 0.6 is 11.6 Å². The van der Waals surface area contributed by atoms with E-state index in [0.717, 1.165) is 50.0 Å². The van der Waals surface area contributed by atoms with E-state index < -0.39 is 23.5 Å². The first-order valence-electron chi connectivity index (χ1n) is 11.3. The maximum atomic E-state index is 13.5. The molecule has 0 bridgehead atoms. The highest BCUT2D eigenvalue weighted by molar-refractivity contribution is 6.31. The molecule has 0 aromatic heterocycles. The second-order valence-electron chi connectivity index (χ2n) is 8.99. The second-order valence-corrected chi connectivity index (χ2v) is 9.43. The van der Waals surface area contributed by atoms with Gasteiger partial charge in [0, 0.05) is 5.02 Å². The summed E-state index contributed by atoms with van der Waals surface area (Å²) in [5.74, 6) is 0. The van der Waals surface area contributed by atoms with E-state index in [-0.39, 0.29) is 22.2 Å². The van der Waals surface area contributed by atoms with Crippen LogP contribution in [0.4, 0.5) is 26.3 Å². The molecule has 0 saturated carbocycles. The van der Waals surface area contributed by atoms with Gasteiger partial charge in [-0.1, -0.05) is 66.2 Å². The highest BCUT2D eigenvalue weighted by atomic mass is 35.5. The molecule has 0 fully saturated rings. The summed E-state index contributed by atoms with van der Waals surface area (Å²) in [6, 6.07) is 24.1. The zero-order valence-corrected chi connectivity index (χ0v) is 19.6. The molecular formula is C30H15ClF6. The van der Waals surface area contributed by atoms with E-state index in [1.807, 2.05) is 54.6 Å². The third-order valence-electron chi connectivity index (χ3n) is 6.66. The van der Waals surface area contributed by atoms with Crippen LogP contribution in [-0.4, -0.2) is 0 Å². The molecule has 184 valence electrons. The van der Waals surface area contributed by atoms with E-state index in [4.69, 9.17) is 11.6 Å². The summed E-state index contributed by atoms with van der Waals surface area (Å²) in [6.45, 7) is 0. The van der Waals surface area contributed by atoms with Crippen molar-refractivity contribution in [2.75, 3.05) is 0 Å². The molecule has 0 amide bonds. The molecule has 7 heteroatoms. The summed E-state index contributed by atoms with van der Waals surface area (Å²) in [6.07, 6.45) is -9.88. The first kappa shape index (κ1) is 23.6. The Bertz CT molecular complexity index is 1770. The normalized spacial score (nSPS) is 12.7. The Morgan fingerprint density at radius 1 is 0.486 bits per heavy atom. The molecule has 0 aliphatic rings. The lowest BCUT2D eigenvalue weighted by Gasteiger charge is -2.16. The zero-order valence-electron chi connectivity index (χ0n) is 18.8. The first-order chi connectivity index (χ1) is 17.5. The number of hydrogen-bond donors (Lipinski definition) is 0.